The highest BCUT2D eigenvalue weighted by Crippen LogP contribution is 2.38. The second kappa shape index (κ2) is 3.59. The van der Waals surface area contributed by atoms with Crippen LogP contribution in [-0.4, -0.2) is 0 Å². The standard InChI is InChI=1S/C10H12Cl2FN/c1-10(2,3)7-8(12)5(11)4-6(14)9(7)13/h4H,14H2,1-3H3. The van der Waals surface area contributed by atoms with Gasteiger partial charge in [0.05, 0.1) is 15.7 Å². The molecule has 1 nitrogen and oxygen atoms in total. The zero-order chi connectivity index (χ0) is 11.1. The van der Waals surface area contributed by atoms with Gasteiger partial charge in [0.15, 0.2) is 5.82 Å². The van der Waals surface area contributed by atoms with Crippen LogP contribution in [0.4, 0.5) is 10.1 Å². The average Bonchev–Trinajstić information content (AvgIpc) is 1.98. The van der Waals surface area contributed by atoms with Crippen molar-refractivity contribution in [1.29, 1.82) is 0 Å². The minimum atomic E-state index is -0.480. The van der Waals surface area contributed by atoms with Gasteiger partial charge in [-0.2, -0.15) is 0 Å². The number of rotatable bonds is 0. The lowest BCUT2D eigenvalue weighted by Crippen LogP contribution is -2.16. The molecule has 0 unspecified atom stereocenters. The van der Waals surface area contributed by atoms with Crippen LogP contribution in [0.15, 0.2) is 6.07 Å². The number of nitrogens with two attached hydrogens (primary N) is 1. The molecule has 0 aliphatic heterocycles. The van der Waals surface area contributed by atoms with E-state index in [9.17, 15) is 4.39 Å². The molecule has 1 rings (SSSR count). The molecule has 0 aromatic heterocycles. The van der Waals surface area contributed by atoms with Crippen molar-refractivity contribution < 1.29 is 4.39 Å². The molecule has 0 saturated carbocycles. The van der Waals surface area contributed by atoms with Crippen LogP contribution < -0.4 is 5.73 Å². The summed E-state index contributed by atoms with van der Waals surface area (Å²) in [6.07, 6.45) is 0. The maximum Gasteiger partial charge on any atom is 0.151 e. The van der Waals surface area contributed by atoms with Crippen molar-refractivity contribution in [1.82, 2.24) is 0 Å². The normalized spacial score (nSPS) is 11.9. The van der Waals surface area contributed by atoms with Crippen molar-refractivity contribution in [3.63, 3.8) is 0 Å². The first kappa shape index (κ1) is 11.6. The number of nitrogen functional groups attached to an aromatic ring is 1. The first-order valence-corrected chi connectivity index (χ1v) is 4.94. The lowest BCUT2D eigenvalue weighted by atomic mass is 9.86. The third kappa shape index (κ3) is 1.96. The Morgan fingerprint density at radius 2 is 1.79 bits per heavy atom. The van der Waals surface area contributed by atoms with Crippen LogP contribution in [0.2, 0.25) is 10.0 Å². The monoisotopic (exact) mass is 235 g/mol. The first-order chi connectivity index (χ1) is 6.25. The summed E-state index contributed by atoms with van der Waals surface area (Å²) in [4.78, 5) is 0. The van der Waals surface area contributed by atoms with Crippen molar-refractivity contribution in [3.8, 4) is 0 Å². The molecule has 0 saturated heterocycles. The summed E-state index contributed by atoms with van der Waals surface area (Å²) in [6, 6.07) is 1.33. The van der Waals surface area contributed by atoms with E-state index in [0.29, 0.717) is 5.56 Å². The Labute approximate surface area is 93.0 Å². The fourth-order valence-electron chi connectivity index (χ4n) is 1.28. The summed E-state index contributed by atoms with van der Waals surface area (Å²) in [6.45, 7) is 5.56. The minimum Gasteiger partial charge on any atom is -0.396 e. The molecule has 0 atom stereocenters. The topological polar surface area (TPSA) is 26.0 Å². The molecule has 0 spiro atoms. The molecule has 0 bridgehead atoms. The zero-order valence-electron chi connectivity index (χ0n) is 8.29. The first-order valence-electron chi connectivity index (χ1n) is 4.18. The summed E-state index contributed by atoms with van der Waals surface area (Å²) in [7, 11) is 0. The number of anilines is 1. The van der Waals surface area contributed by atoms with E-state index in [0.717, 1.165) is 0 Å². The van der Waals surface area contributed by atoms with Crippen LogP contribution >= 0.6 is 23.2 Å². The second-order valence-corrected chi connectivity index (χ2v) is 4.99. The minimum absolute atomic E-state index is 0.0318. The van der Waals surface area contributed by atoms with Crippen LogP contribution in [0.3, 0.4) is 0 Å². The second-order valence-electron chi connectivity index (χ2n) is 4.20. The van der Waals surface area contributed by atoms with Gasteiger partial charge in [-0.05, 0) is 11.5 Å². The largest absolute Gasteiger partial charge is 0.396 e. The van der Waals surface area contributed by atoms with Crippen molar-refractivity contribution >= 4 is 28.9 Å². The van der Waals surface area contributed by atoms with Crippen LogP contribution in [0.5, 0.6) is 0 Å². The summed E-state index contributed by atoms with van der Waals surface area (Å²) in [5, 5.41) is 0.529. The molecule has 2 N–H and O–H groups in total. The van der Waals surface area contributed by atoms with E-state index in [-0.39, 0.29) is 15.7 Å². The van der Waals surface area contributed by atoms with Gasteiger partial charge in [-0.1, -0.05) is 44.0 Å². The molecular formula is C10H12Cl2FN. The third-order valence-corrected chi connectivity index (χ3v) is 2.72. The highest BCUT2D eigenvalue weighted by Gasteiger charge is 2.25. The summed E-state index contributed by atoms with van der Waals surface area (Å²) < 4.78 is 13.7. The van der Waals surface area contributed by atoms with E-state index in [1.807, 2.05) is 20.8 Å². The molecule has 0 radical (unpaired) electrons. The average molecular weight is 236 g/mol. The van der Waals surface area contributed by atoms with Crippen LogP contribution in [-0.2, 0) is 5.41 Å². The van der Waals surface area contributed by atoms with Gasteiger partial charge >= 0.3 is 0 Å². The van der Waals surface area contributed by atoms with Crippen molar-refractivity contribution in [2.45, 2.75) is 26.2 Å². The Morgan fingerprint density at radius 3 is 2.21 bits per heavy atom. The predicted octanol–water partition coefficient (Wildman–Crippen LogP) is 4.01. The SMILES string of the molecule is CC(C)(C)c1c(F)c(N)cc(Cl)c1Cl. The zero-order valence-corrected chi connectivity index (χ0v) is 9.80. The molecule has 1 aromatic carbocycles. The van der Waals surface area contributed by atoms with E-state index >= 15 is 0 Å². The Hall–Kier alpha value is -0.470. The molecule has 0 fully saturated rings. The van der Waals surface area contributed by atoms with Gasteiger partial charge in [-0.15, -0.1) is 0 Å². The van der Waals surface area contributed by atoms with Crippen LogP contribution in [0.1, 0.15) is 26.3 Å². The lowest BCUT2D eigenvalue weighted by Gasteiger charge is -2.22. The Bertz CT molecular complexity index is 343. The van der Waals surface area contributed by atoms with Gasteiger partial charge in [0, 0.05) is 5.56 Å². The molecule has 0 heterocycles. The molecule has 14 heavy (non-hydrogen) atoms. The highest BCUT2D eigenvalue weighted by atomic mass is 35.5. The maximum absolute atomic E-state index is 13.7. The van der Waals surface area contributed by atoms with Crippen LogP contribution in [0, 0.1) is 5.82 Å². The van der Waals surface area contributed by atoms with E-state index in [4.69, 9.17) is 28.9 Å². The van der Waals surface area contributed by atoms with Crippen LogP contribution in [0.25, 0.3) is 0 Å². The van der Waals surface area contributed by atoms with E-state index < -0.39 is 11.2 Å². The summed E-state index contributed by atoms with van der Waals surface area (Å²) >= 11 is 11.7. The molecular weight excluding hydrogens is 224 g/mol. The Morgan fingerprint density at radius 1 is 1.29 bits per heavy atom. The van der Waals surface area contributed by atoms with Gasteiger partial charge in [-0.25, -0.2) is 4.39 Å². The number of hydrogen-bond acceptors (Lipinski definition) is 1. The quantitative estimate of drug-likeness (QED) is 0.534. The Balaban J connectivity index is 3.56. The van der Waals surface area contributed by atoms with Gasteiger partial charge < -0.3 is 5.73 Å². The Kier molecular flexibility index (Phi) is 2.98. The van der Waals surface area contributed by atoms with Crippen molar-refractivity contribution in [3.05, 3.63) is 27.5 Å². The van der Waals surface area contributed by atoms with Crippen molar-refractivity contribution in [2.75, 3.05) is 5.73 Å². The number of hydrogen-bond donors (Lipinski definition) is 1. The fourth-order valence-corrected chi connectivity index (χ4v) is 1.91. The molecule has 4 heteroatoms. The van der Waals surface area contributed by atoms with Gasteiger partial charge in [0.2, 0.25) is 0 Å². The molecule has 1 aromatic rings. The number of halogens is 3. The maximum atomic E-state index is 13.7. The molecule has 0 amide bonds. The van der Waals surface area contributed by atoms with E-state index in [1.54, 1.807) is 0 Å². The van der Waals surface area contributed by atoms with Gasteiger partial charge in [-0.3, -0.25) is 0 Å². The fraction of sp³-hybridized carbons (Fsp3) is 0.400. The van der Waals surface area contributed by atoms with E-state index in [1.165, 1.54) is 6.07 Å². The summed E-state index contributed by atoms with van der Waals surface area (Å²) in [5.41, 5.74) is 5.45. The van der Waals surface area contributed by atoms with E-state index in [2.05, 4.69) is 0 Å². The highest BCUT2D eigenvalue weighted by molar-refractivity contribution is 6.42. The molecule has 0 aliphatic carbocycles. The van der Waals surface area contributed by atoms with Crippen molar-refractivity contribution in [2.24, 2.45) is 0 Å². The molecule has 78 valence electrons. The molecule has 0 aliphatic rings. The van der Waals surface area contributed by atoms with Gasteiger partial charge in [0.1, 0.15) is 0 Å². The predicted molar refractivity (Wildman–Crippen MR) is 59.5 cm³/mol. The summed E-state index contributed by atoms with van der Waals surface area (Å²) in [5.74, 6) is -0.480. The van der Waals surface area contributed by atoms with Gasteiger partial charge in [0.25, 0.3) is 0 Å². The lowest BCUT2D eigenvalue weighted by molar-refractivity contribution is 0.526. The smallest absolute Gasteiger partial charge is 0.151 e. The number of benzene rings is 1. The third-order valence-electron chi connectivity index (χ3n) is 1.93.